The summed E-state index contributed by atoms with van der Waals surface area (Å²) in [5, 5.41) is 1.91. The van der Waals surface area contributed by atoms with Crippen LogP contribution in [0.25, 0.3) is 22.9 Å². The summed E-state index contributed by atoms with van der Waals surface area (Å²) < 4.78 is 39.0. The highest BCUT2D eigenvalue weighted by Crippen LogP contribution is 2.53. The number of fused-ring (bicyclic) bond motifs is 6. The highest BCUT2D eigenvalue weighted by Gasteiger charge is 2.42. The zero-order chi connectivity index (χ0) is 40.6. The molecule has 0 spiro atoms. The first-order valence-electron chi connectivity index (χ1n) is 20.4. The van der Waals surface area contributed by atoms with Crippen LogP contribution in [-0.4, -0.2) is 24.4 Å². The highest BCUT2D eigenvalue weighted by molar-refractivity contribution is 6.02. The molecule has 6 aromatic rings. The average molecular weight is 773 g/mol. The Bertz CT molecular complexity index is 2160. The Morgan fingerprint density at radius 3 is 0.862 bits per heavy atom. The van der Waals surface area contributed by atoms with Gasteiger partial charge in [-0.05, 0) is 128 Å². The van der Waals surface area contributed by atoms with Crippen molar-refractivity contribution in [1.29, 1.82) is 0 Å². The molecule has 0 radical (unpaired) electrons. The van der Waals surface area contributed by atoms with Gasteiger partial charge in [-0.3, -0.25) is 0 Å². The Hall–Kier alpha value is -6.14. The molecule has 2 heterocycles. The van der Waals surface area contributed by atoms with Crippen molar-refractivity contribution in [1.82, 2.24) is 0 Å². The zero-order valence-corrected chi connectivity index (χ0v) is 34.6. The van der Waals surface area contributed by atoms with Crippen molar-refractivity contribution in [3.63, 3.8) is 0 Å². The van der Waals surface area contributed by atoms with Crippen LogP contribution in [0.3, 0.4) is 0 Å². The quantitative estimate of drug-likeness (QED) is 0.123. The molecule has 6 heteroatoms. The molecule has 2 aliphatic heterocycles. The van der Waals surface area contributed by atoms with E-state index in [9.17, 15) is 0 Å². The van der Waals surface area contributed by atoms with Gasteiger partial charge in [0.1, 0.15) is 34.5 Å². The van der Waals surface area contributed by atoms with E-state index in [0.29, 0.717) is 0 Å². The molecular formula is C52H52O6. The van der Waals surface area contributed by atoms with Crippen molar-refractivity contribution >= 4 is 22.9 Å². The van der Waals surface area contributed by atoms with Gasteiger partial charge in [0.15, 0.2) is 11.2 Å². The van der Waals surface area contributed by atoms with Gasteiger partial charge in [-0.25, -0.2) is 0 Å². The molecule has 0 bridgehead atoms. The normalized spacial score (nSPS) is 14.9. The lowest BCUT2D eigenvalue weighted by Crippen LogP contribution is -2.36. The minimum absolute atomic E-state index is 0.0640. The molecule has 8 rings (SSSR count). The van der Waals surface area contributed by atoms with Crippen molar-refractivity contribution in [2.24, 2.45) is 0 Å². The summed E-state index contributed by atoms with van der Waals surface area (Å²) in [6.45, 7) is 16.3. The van der Waals surface area contributed by atoms with E-state index in [2.05, 4.69) is 97.1 Å². The lowest BCUT2D eigenvalue weighted by molar-refractivity contribution is 0.157. The summed E-state index contributed by atoms with van der Waals surface area (Å²) in [6.07, 6.45) is 8.97. The third kappa shape index (κ3) is 7.40. The van der Waals surface area contributed by atoms with Gasteiger partial charge >= 0.3 is 0 Å². The van der Waals surface area contributed by atoms with E-state index < -0.39 is 11.2 Å². The van der Waals surface area contributed by atoms with E-state index in [4.69, 9.17) is 28.4 Å². The molecule has 0 amide bonds. The van der Waals surface area contributed by atoms with Gasteiger partial charge in [-0.15, -0.1) is 0 Å². The molecule has 0 saturated carbocycles. The second-order valence-electron chi connectivity index (χ2n) is 16.1. The van der Waals surface area contributed by atoms with Crippen LogP contribution in [0, 0.1) is 0 Å². The second kappa shape index (κ2) is 15.7. The molecule has 6 nitrogen and oxygen atoms in total. The molecule has 2 aliphatic rings. The maximum Gasteiger partial charge on any atom is 0.178 e. The van der Waals surface area contributed by atoms with E-state index in [1.807, 2.05) is 104 Å². The van der Waals surface area contributed by atoms with E-state index in [1.54, 1.807) is 0 Å². The Labute approximate surface area is 342 Å². The van der Waals surface area contributed by atoms with Gasteiger partial charge in [0.05, 0.1) is 24.4 Å². The number of ether oxygens (including phenoxy) is 6. The topological polar surface area (TPSA) is 55.4 Å². The number of hydrogen-bond acceptors (Lipinski definition) is 6. The summed E-state index contributed by atoms with van der Waals surface area (Å²) in [4.78, 5) is 0. The molecule has 0 unspecified atom stereocenters. The van der Waals surface area contributed by atoms with Crippen molar-refractivity contribution in [2.75, 3.05) is 0 Å². The molecule has 296 valence electrons. The third-order valence-corrected chi connectivity index (χ3v) is 10.3. The third-order valence-electron chi connectivity index (χ3n) is 10.3. The summed E-state index contributed by atoms with van der Waals surface area (Å²) in [5.74, 6) is 4.81. The lowest BCUT2D eigenvalue weighted by Gasteiger charge is -2.40. The lowest BCUT2D eigenvalue weighted by atomic mass is 9.80. The van der Waals surface area contributed by atoms with Crippen LogP contribution in [0.1, 0.15) is 88.8 Å². The summed E-state index contributed by atoms with van der Waals surface area (Å²) in [5.41, 5.74) is 3.93. The SMILES string of the molecule is CC(C)Oc1ccc(C2(c3ccc(OC(C)C)cc3)C=Cc3c4c(c5ccccc5c3O2)OC(c2ccc(OC(C)C)cc2)(c2ccc(OC(C)C)cc2)C=C4)cc1. The smallest absolute Gasteiger partial charge is 0.178 e. The van der Waals surface area contributed by atoms with Crippen LogP contribution >= 0.6 is 0 Å². The number of rotatable bonds is 12. The van der Waals surface area contributed by atoms with E-state index >= 15 is 0 Å². The summed E-state index contributed by atoms with van der Waals surface area (Å²) in [6, 6.07) is 41.3. The minimum Gasteiger partial charge on any atom is -0.491 e. The number of benzene rings is 6. The fourth-order valence-corrected chi connectivity index (χ4v) is 7.92. The van der Waals surface area contributed by atoms with Crippen molar-refractivity contribution in [2.45, 2.75) is 91.0 Å². The van der Waals surface area contributed by atoms with Crippen LogP contribution in [0.15, 0.2) is 133 Å². The van der Waals surface area contributed by atoms with Crippen LogP contribution in [0.4, 0.5) is 0 Å². The fourth-order valence-electron chi connectivity index (χ4n) is 7.92. The summed E-state index contributed by atoms with van der Waals surface area (Å²) >= 11 is 0. The maximum absolute atomic E-state index is 7.44. The molecular weight excluding hydrogens is 721 g/mol. The Kier molecular flexibility index (Phi) is 10.5. The number of hydrogen-bond donors (Lipinski definition) is 0. The van der Waals surface area contributed by atoms with Crippen LogP contribution in [0.5, 0.6) is 34.5 Å². The van der Waals surface area contributed by atoms with E-state index in [1.165, 1.54) is 0 Å². The molecule has 6 aromatic carbocycles. The molecule has 0 aromatic heterocycles. The van der Waals surface area contributed by atoms with Gasteiger partial charge in [-0.1, -0.05) is 72.8 Å². The Morgan fingerprint density at radius 2 is 0.621 bits per heavy atom. The zero-order valence-electron chi connectivity index (χ0n) is 34.6. The maximum atomic E-state index is 7.44. The second-order valence-corrected chi connectivity index (χ2v) is 16.1. The van der Waals surface area contributed by atoms with Gasteiger partial charge in [0.2, 0.25) is 0 Å². The molecule has 0 fully saturated rings. The van der Waals surface area contributed by atoms with Crippen molar-refractivity contribution < 1.29 is 28.4 Å². The Balaban J connectivity index is 1.28. The van der Waals surface area contributed by atoms with Gasteiger partial charge in [-0.2, -0.15) is 0 Å². The van der Waals surface area contributed by atoms with Crippen LogP contribution < -0.4 is 28.4 Å². The predicted molar refractivity (Wildman–Crippen MR) is 234 cm³/mol. The van der Waals surface area contributed by atoms with Crippen LogP contribution in [-0.2, 0) is 11.2 Å². The summed E-state index contributed by atoms with van der Waals surface area (Å²) in [7, 11) is 0. The highest BCUT2D eigenvalue weighted by atomic mass is 16.5. The van der Waals surface area contributed by atoms with E-state index in [-0.39, 0.29) is 24.4 Å². The first-order valence-corrected chi connectivity index (χ1v) is 20.4. The van der Waals surface area contributed by atoms with E-state index in [0.717, 1.165) is 78.7 Å². The molecule has 0 atom stereocenters. The standard InChI is InChI=1S/C52H52O6/c1-33(2)53-41-21-13-37(14-22-41)51(38-15-23-42(24-16-38)54-34(3)4)31-29-47-48-30-32-52(39-17-25-43(26-18-39)55-35(5)6,40-19-27-44(28-20-40)56-36(7)8)58-50(48)46-12-10-9-11-45(46)49(47)57-51/h9-36H,1-8H3. The largest absolute Gasteiger partial charge is 0.491 e. The fraction of sp³-hybridized carbons (Fsp3) is 0.269. The molecule has 0 N–H and O–H groups in total. The first-order chi connectivity index (χ1) is 27.9. The minimum atomic E-state index is -0.945. The van der Waals surface area contributed by atoms with Crippen molar-refractivity contribution in [3.05, 3.63) is 167 Å². The average Bonchev–Trinajstić information content (AvgIpc) is 3.21. The van der Waals surface area contributed by atoms with Crippen molar-refractivity contribution in [3.8, 4) is 34.5 Å². The Morgan fingerprint density at radius 1 is 0.362 bits per heavy atom. The van der Waals surface area contributed by atoms with Gasteiger partial charge < -0.3 is 28.4 Å². The van der Waals surface area contributed by atoms with Gasteiger partial charge in [0.25, 0.3) is 0 Å². The molecule has 0 saturated heterocycles. The first kappa shape index (κ1) is 38.7. The molecule has 0 aliphatic carbocycles. The monoisotopic (exact) mass is 772 g/mol. The van der Waals surface area contributed by atoms with Crippen LogP contribution in [0.2, 0.25) is 0 Å². The van der Waals surface area contributed by atoms with Gasteiger partial charge in [0, 0.05) is 44.2 Å². The predicted octanol–water partition coefficient (Wildman–Crippen LogP) is 12.7. The molecule has 58 heavy (non-hydrogen) atoms.